The van der Waals surface area contributed by atoms with Gasteiger partial charge in [-0.1, -0.05) is 26.0 Å². The minimum Gasteiger partial charge on any atom is -0.321 e. The molecule has 1 aromatic heterocycles. The number of carbonyl (C=O) groups excluding carboxylic acids is 2. The van der Waals surface area contributed by atoms with Crippen LogP contribution in [0.5, 0.6) is 0 Å². The van der Waals surface area contributed by atoms with Crippen molar-refractivity contribution in [2.45, 2.75) is 39.7 Å². The molecule has 6 nitrogen and oxygen atoms in total. The maximum Gasteiger partial charge on any atom is 0.416 e. The summed E-state index contributed by atoms with van der Waals surface area (Å²) >= 11 is 0. The predicted molar refractivity (Wildman–Crippen MR) is 88.9 cm³/mol. The standard InChI is InChI=1S/C17H16F6N4O2/c1-15(2,3)13(28)8-27-7-12(25-26-27)14(29)24-11-5-9(16(18,19)20)4-10(6-11)17(21,22)23/h4-7H,8H2,1-3H3,(H,24,29). The monoisotopic (exact) mass is 422 g/mol. The number of nitrogens with zero attached hydrogens (tertiary/aromatic N) is 3. The molecule has 2 aromatic rings. The molecule has 1 aromatic carbocycles. The summed E-state index contributed by atoms with van der Waals surface area (Å²) in [6, 6.07) is 0.700. The van der Waals surface area contributed by atoms with Crippen LogP contribution >= 0.6 is 0 Å². The van der Waals surface area contributed by atoms with E-state index in [1.807, 2.05) is 5.32 Å². The molecule has 0 bridgehead atoms. The summed E-state index contributed by atoms with van der Waals surface area (Å²) in [4.78, 5) is 24.1. The largest absolute Gasteiger partial charge is 0.416 e. The Hall–Kier alpha value is -2.92. The molecule has 0 aliphatic heterocycles. The Kier molecular flexibility index (Phi) is 5.77. The first-order chi connectivity index (χ1) is 13.1. The fraction of sp³-hybridized carbons (Fsp3) is 0.412. The second kappa shape index (κ2) is 7.48. The van der Waals surface area contributed by atoms with Crippen LogP contribution in [-0.4, -0.2) is 26.7 Å². The summed E-state index contributed by atoms with van der Waals surface area (Å²) < 4.78 is 78.3. The number of carbonyl (C=O) groups is 2. The first-order valence-corrected chi connectivity index (χ1v) is 8.11. The molecule has 1 heterocycles. The van der Waals surface area contributed by atoms with Gasteiger partial charge in [0.15, 0.2) is 11.5 Å². The summed E-state index contributed by atoms with van der Waals surface area (Å²) in [6.07, 6.45) is -9.02. The van der Waals surface area contributed by atoms with Gasteiger partial charge in [-0.05, 0) is 18.2 Å². The zero-order valence-electron chi connectivity index (χ0n) is 15.4. The quantitative estimate of drug-likeness (QED) is 0.750. The summed E-state index contributed by atoms with van der Waals surface area (Å²) in [5.41, 5.74) is -4.90. The Labute approximate surface area is 160 Å². The molecular formula is C17H16F6N4O2. The molecule has 0 saturated heterocycles. The van der Waals surface area contributed by atoms with Gasteiger partial charge in [-0.2, -0.15) is 26.3 Å². The number of Topliss-reactive ketones (excluding diaryl/α,β-unsaturated/α-hetero) is 1. The summed E-state index contributed by atoms with van der Waals surface area (Å²) in [7, 11) is 0. The van der Waals surface area contributed by atoms with Crippen LogP contribution in [0.25, 0.3) is 0 Å². The van der Waals surface area contributed by atoms with E-state index in [2.05, 4.69) is 10.3 Å². The van der Waals surface area contributed by atoms with Crippen LogP contribution in [-0.2, 0) is 23.7 Å². The number of alkyl halides is 6. The maximum absolute atomic E-state index is 12.9. The molecule has 1 amide bonds. The van der Waals surface area contributed by atoms with E-state index >= 15 is 0 Å². The Bertz CT molecular complexity index is 893. The molecule has 0 atom stereocenters. The van der Waals surface area contributed by atoms with Gasteiger partial charge in [0.05, 0.1) is 17.3 Å². The minimum absolute atomic E-state index is 0.0515. The Morgan fingerprint density at radius 3 is 1.93 bits per heavy atom. The van der Waals surface area contributed by atoms with Gasteiger partial charge in [-0.15, -0.1) is 5.10 Å². The molecule has 12 heteroatoms. The van der Waals surface area contributed by atoms with Crippen molar-refractivity contribution in [2.75, 3.05) is 5.32 Å². The zero-order chi connectivity index (χ0) is 22.2. The average molecular weight is 422 g/mol. The van der Waals surface area contributed by atoms with Gasteiger partial charge in [0.25, 0.3) is 5.91 Å². The minimum atomic E-state index is -5.04. The number of anilines is 1. The van der Waals surface area contributed by atoms with E-state index in [4.69, 9.17) is 0 Å². The molecule has 0 fully saturated rings. The highest BCUT2D eigenvalue weighted by Gasteiger charge is 2.37. The molecule has 29 heavy (non-hydrogen) atoms. The first kappa shape index (κ1) is 22.4. The van der Waals surface area contributed by atoms with Crippen molar-refractivity contribution in [1.82, 2.24) is 15.0 Å². The van der Waals surface area contributed by atoms with Crippen molar-refractivity contribution in [1.29, 1.82) is 0 Å². The first-order valence-electron chi connectivity index (χ1n) is 8.11. The molecule has 2 rings (SSSR count). The number of ketones is 1. The molecule has 0 spiro atoms. The number of hydrogen-bond donors (Lipinski definition) is 1. The maximum atomic E-state index is 12.9. The SMILES string of the molecule is CC(C)(C)C(=O)Cn1cc(C(=O)Nc2cc(C(F)(F)F)cc(C(F)(F)F)c2)nn1. The Balaban J connectivity index is 2.26. The molecular weight excluding hydrogens is 406 g/mol. The van der Waals surface area contributed by atoms with E-state index in [9.17, 15) is 35.9 Å². The van der Waals surface area contributed by atoms with Gasteiger partial charge in [0.2, 0.25) is 0 Å². The molecule has 0 aliphatic rings. The number of nitrogens with one attached hydrogen (secondary N) is 1. The Morgan fingerprint density at radius 1 is 0.966 bits per heavy atom. The molecule has 1 N–H and O–H groups in total. The van der Waals surface area contributed by atoms with Crippen molar-refractivity contribution in [2.24, 2.45) is 5.41 Å². The second-order valence-corrected chi connectivity index (χ2v) is 7.22. The molecule has 0 saturated carbocycles. The van der Waals surface area contributed by atoms with Gasteiger partial charge in [-0.25, -0.2) is 4.68 Å². The lowest BCUT2D eigenvalue weighted by Crippen LogP contribution is -2.25. The lowest BCUT2D eigenvalue weighted by molar-refractivity contribution is -0.143. The second-order valence-electron chi connectivity index (χ2n) is 7.22. The molecule has 0 aliphatic carbocycles. The van der Waals surface area contributed by atoms with E-state index < -0.39 is 40.5 Å². The number of benzene rings is 1. The third-order valence-corrected chi connectivity index (χ3v) is 3.76. The molecule has 158 valence electrons. The number of hydrogen-bond acceptors (Lipinski definition) is 4. The van der Waals surface area contributed by atoms with Crippen molar-refractivity contribution >= 4 is 17.4 Å². The average Bonchev–Trinajstić information content (AvgIpc) is 3.00. The molecule has 0 unspecified atom stereocenters. The zero-order valence-corrected chi connectivity index (χ0v) is 15.4. The van der Waals surface area contributed by atoms with Crippen molar-refractivity contribution in [3.05, 3.63) is 41.2 Å². The summed E-state index contributed by atoms with van der Waals surface area (Å²) in [6.45, 7) is 4.81. The van der Waals surface area contributed by atoms with E-state index in [1.165, 1.54) is 0 Å². The van der Waals surface area contributed by atoms with Gasteiger partial charge in [0, 0.05) is 11.1 Å². The van der Waals surface area contributed by atoms with E-state index in [0.717, 1.165) is 10.9 Å². The third-order valence-electron chi connectivity index (χ3n) is 3.76. The van der Waals surface area contributed by atoms with Gasteiger partial charge >= 0.3 is 12.4 Å². The number of halogens is 6. The molecule has 0 radical (unpaired) electrons. The third kappa shape index (κ3) is 5.78. The van der Waals surface area contributed by atoms with Crippen LogP contribution in [0.3, 0.4) is 0 Å². The smallest absolute Gasteiger partial charge is 0.321 e. The van der Waals surface area contributed by atoms with Crippen molar-refractivity contribution < 1.29 is 35.9 Å². The van der Waals surface area contributed by atoms with Gasteiger partial charge in [0.1, 0.15) is 6.54 Å². The lowest BCUT2D eigenvalue weighted by Gasteiger charge is -2.15. The van der Waals surface area contributed by atoms with Crippen molar-refractivity contribution in [3.63, 3.8) is 0 Å². The van der Waals surface area contributed by atoms with Crippen LogP contribution in [0.1, 0.15) is 42.4 Å². The van der Waals surface area contributed by atoms with Crippen LogP contribution in [0.4, 0.5) is 32.0 Å². The fourth-order valence-corrected chi connectivity index (χ4v) is 2.09. The highest BCUT2D eigenvalue weighted by Crippen LogP contribution is 2.37. The highest BCUT2D eigenvalue weighted by atomic mass is 19.4. The van der Waals surface area contributed by atoms with Gasteiger partial charge < -0.3 is 5.32 Å². The number of aromatic nitrogens is 3. The number of amides is 1. The Morgan fingerprint density at radius 2 is 1.48 bits per heavy atom. The van der Waals surface area contributed by atoms with Crippen LogP contribution in [0.2, 0.25) is 0 Å². The summed E-state index contributed by atoms with van der Waals surface area (Å²) in [5.74, 6) is -1.30. The lowest BCUT2D eigenvalue weighted by atomic mass is 9.91. The highest BCUT2D eigenvalue weighted by molar-refractivity contribution is 6.02. The van der Waals surface area contributed by atoms with Crippen molar-refractivity contribution in [3.8, 4) is 0 Å². The summed E-state index contributed by atoms with van der Waals surface area (Å²) in [5, 5.41) is 9.01. The van der Waals surface area contributed by atoms with Crippen LogP contribution < -0.4 is 5.32 Å². The van der Waals surface area contributed by atoms with E-state index in [0.29, 0.717) is 12.1 Å². The van der Waals surface area contributed by atoms with E-state index in [-0.39, 0.29) is 24.1 Å². The fourth-order valence-electron chi connectivity index (χ4n) is 2.09. The number of rotatable bonds is 4. The van der Waals surface area contributed by atoms with Gasteiger partial charge in [-0.3, -0.25) is 9.59 Å². The predicted octanol–water partition coefficient (Wildman–Crippen LogP) is 4.18. The topological polar surface area (TPSA) is 76.9 Å². The normalized spacial score (nSPS) is 12.7. The van der Waals surface area contributed by atoms with Crippen LogP contribution in [0, 0.1) is 5.41 Å². The van der Waals surface area contributed by atoms with E-state index in [1.54, 1.807) is 20.8 Å². The van der Waals surface area contributed by atoms with Crippen LogP contribution in [0.15, 0.2) is 24.4 Å².